The molecule has 0 radical (unpaired) electrons. The number of hydrogen-bond donors (Lipinski definition) is 4. The average Bonchev–Trinajstić information content (AvgIpc) is 3.87. The lowest BCUT2D eigenvalue weighted by molar-refractivity contribution is -0.150. The van der Waals surface area contributed by atoms with Crippen LogP contribution in [0.2, 0.25) is 0 Å². The summed E-state index contributed by atoms with van der Waals surface area (Å²) in [7, 11) is 2.89. The third-order valence-electron chi connectivity index (χ3n) is 15.1. The quantitative estimate of drug-likeness (QED) is 0.0994. The number of pyridine rings is 1. The minimum Gasteiger partial charge on any atom is -0.343 e. The molecule has 2 aromatic heterocycles. The van der Waals surface area contributed by atoms with E-state index in [-0.39, 0.29) is 62.3 Å². The van der Waals surface area contributed by atoms with Gasteiger partial charge in [0.2, 0.25) is 41.4 Å². The average molecular weight is 1080 g/mol. The number of likely N-dealkylation sites (N-methyl/N-ethyl adjacent to an activating group) is 2. The molecule has 3 aromatic carbocycles. The maximum absolute atomic E-state index is 15.7. The van der Waals surface area contributed by atoms with Crippen molar-refractivity contribution in [2.24, 2.45) is 11.8 Å². The van der Waals surface area contributed by atoms with Gasteiger partial charge in [-0.25, -0.2) is 8.78 Å². The SMILES string of the molecule is C=CC(C)(C)n1cc(C[C@@H]2NC(=O)[C@H](Cc3ccc(F)cc3)NC(=O)[C@H](CC(C)C)N3CC/C=C\C[C@@H](C3=O)N(C)C(=O)[C@H](C)NC(=O)[C@H](Cc3cc(F)c4cnccc4c3)NC(=O)[C@H](CC(C)C)N(C)C2=O)c2ccccc21. The molecule has 0 saturated carbocycles. The highest BCUT2D eigenvalue weighted by Crippen LogP contribution is 2.30. The Balaban J connectivity index is 1.39. The molecule has 7 amide bonds. The van der Waals surface area contributed by atoms with Gasteiger partial charge in [0.25, 0.3) is 0 Å². The number of benzene rings is 3. The molecular formula is C61H75F2N9O7. The molecule has 5 aromatic rings. The Hall–Kier alpha value is -7.76. The van der Waals surface area contributed by atoms with Gasteiger partial charge in [-0.05, 0) is 111 Å². The highest BCUT2D eigenvalue weighted by Gasteiger charge is 2.41. The van der Waals surface area contributed by atoms with Crippen molar-refractivity contribution in [3.05, 3.63) is 138 Å². The second-order valence-corrected chi connectivity index (χ2v) is 22.5. The van der Waals surface area contributed by atoms with Crippen LogP contribution in [0.1, 0.15) is 90.8 Å². The van der Waals surface area contributed by atoms with Gasteiger partial charge in [0.05, 0.1) is 5.54 Å². The highest BCUT2D eigenvalue weighted by molar-refractivity contribution is 5.99. The van der Waals surface area contributed by atoms with E-state index in [9.17, 15) is 14.0 Å². The van der Waals surface area contributed by atoms with Crippen molar-refractivity contribution in [3.63, 3.8) is 0 Å². The first-order chi connectivity index (χ1) is 37.5. The highest BCUT2D eigenvalue weighted by atomic mass is 19.1. The summed E-state index contributed by atoms with van der Waals surface area (Å²) < 4.78 is 32.1. The number of halogens is 2. The van der Waals surface area contributed by atoms with Crippen LogP contribution in [0, 0.1) is 23.5 Å². The number of carbonyl (C=O) groups is 7. The molecule has 4 N–H and O–H groups in total. The minimum absolute atomic E-state index is 0.0789. The molecule has 79 heavy (non-hydrogen) atoms. The number of rotatable bonds is 12. The number of amides is 7. The number of para-hydroxylation sites is 1. The molecule has 18 heteroatoms. The van der Waals surface area contributed by atoms with Gasteiger partial charge >= 0.3 is 0 Å². The molecule has 420 valence electrons. The predicted molar refractivity (Wildman–Crippen MR) is 300 cm³/mol. The van der Waals surface area contributed by atoms with Crippen LogP contribution in [0.4, 0.5) is 8.78 Å². The lowest BCUT2D eigenvalue weighted by atomic mass is 9.97. The molecule has 16 nitrogen and oxygen atoms in total. The van der Waals surface area contributed by atoms with Gasteiger partial charge in [-0.1, -0.05) is 82.3 Å². The normalized spacial score (nSPS) is 23.2. The minimum atomic E-state index is -1.43. The van der Waals surface area contributed by atoms with Crippen LogP contribution in [-0.2, 0) is 58.4 Å². The smallest absolute Gasteiger partial charge is 0.246 e. The van der Waals surface area contributed by atoms with E-state index in [1.807, 2.05) is 82.6 Å². The van der Waals surface area contributed by atoms with Crippen molar-refractivity contribution in [2.45, 2.75) is 141 Å². The van der Waals surface area contributed by atoms with E-state index < -0.39 is 101 Å². The Labute approximate surface area is 461 Å². The Morgan fingerprint density at radius 2 is 1.32 bits per heavy atom. The van der Waals surface area contributed by atoms with Crippen LogP contribution in [0.25, 0.3) is 21.7 Å². The molecule has 0 unspecified atom stereocenters. The standard InChI is InChI=1S/C61H75F2N9O7/c1-11-61(7,8)72-35-42(44-17-14-15-18-50(44)72)33-49-59(78)70(10)52(27-36(2)3)56(75)66-48(32-40-29-41-24-25-64-34-45(41)46(63)30-40)54(73)65-38(6)58(77)69(9)51-19-13-12-16-26-71(60(51)79)53(28-37(4)5)57(76)67-47(55(74)68-49)31-39-20-22-43(62)23-21-39/h11-15,17-18,20-25,29-30,34-38,47-49,51-53H,1,16,19,26-28,31-33H2,2-10H3,(H,65,73)(H,66,75)(H,67,76)(H,68,74)/b13-12-/t38-,47-,48-,49-,51-,52-,53-/m0/s1. The van der Waals surface area contributed by atoms with E-state index in [0.717, 1.165) is 10.9 Å². The molecule has 1 fully saturated rings. The predicted octanol–water partition coefficient (Wildman–Crippen LogP) is 6.68. The van der Waals surface area contributed by atoms with E-state index >= 15 is 28.4 Å². The van der Waals surface area contributed by atoms with Gasteiger partial charge in [-0.2, -0.15) is 0 Å². The second kappa shape index (κ2) is 25.4. The number of carbonyl (C=O) groups excluding carboxylic acids is 7. The summed E-state index contributed by atoms with van der Waals surface area (Å²) in [5, 5.41) is 13.1. The van der Waals surface area contributed by atoms with Crippen molar-refractivity contribution in [1.29, 1.82) is 0 Å². The third-order valence-corrected chi connectivity index (χ3v) is 15.1. The zero-order valence-corrected chi connectivity index (χ0v) is 46.7. The van der Waals surface area contributed by atoms with E-state index in [2.05, 4.69) is 32.8 Å². The van der Waals surface area contributed by atoms with E-state index in [1.165, 1.54) is 78.4 Å². The Morgan fingerprint density at radius 3 is 1.99 bits per heavy atom. The van der Waals surface area contributed by atoms with Gasteiger partial charge < -0.3 is 40.5 Å². The van der Waals surface area contributed by atoms with Gasteiger partial charge in [0, 0.05) is 74.8 Å². The van der Waals surface area contributed by atoms with Crippen molar-refractivity contribution < 1.29 is 42.3 Å². The summed E-state index contributed by atoms with van der Waals surface area (Å²) in [5.74, 6) is -6.29. The molecule has 0 aliphatic carbocycles. The fourth-order valence-corrected chi connectivity index (χ4v) is 10.6. The molecule has 0 spiro atoms. The van der Waals surface area contributed by atoms with Crippen LogP contribution >= 0.6 is 0 Å². The summed E-state index contributed by atoms with van der Waals surface area (Å²) in [6, 6.07) is 8.62. The van der Waals surface area contributed by atoms with Crippen LogP contribution < -0.4 is 21.3 Å². The van der Waals surface area contributed by atoms with Gasteiger partial charge in [-0.3, -0.25) is 38.5 Å². The number of allylic oxidation sites excluding steroid dienone is 1. The van der Waals surface area contributed by atoms with Crippen LogP contribution in [-0.4, -0.2) is 129 Å². The zero-order chi connectivity index (χ0) is 57.5. The maximum Gasteiger partial charge on any atom is 0.246 e. The summed E-state index contributed by atoms with van der Waals surface area (Å²) in [4.78, 5) is 113. The molecule has 2 bridgehead atoms. The maximum atomic E-state index is 15.7. The fraction of sp³-hybridized carbons (Fsp3) is 0.443. The van der Waals surface area contributed by atoms with Crippen molar-refractivity contribution in [3.8, 4) is 0 Å². The van der Waals surface area contributed by atoms with Crippen molar-refractivity contribution >= 4 is 63.0 Å². The molecule has 2 aliphatic heterocycles. The third kappa shape index (κ3) is 13.9. The molecule has 2 aliphatic rings. The fourth-order valence-electron chi connectivity index (χ4n) is 10.6. The zero-order valence-electron chi connectivity index (χ0n) is 46.7. The Bertz CT molecular complexity index is 3120. The number of hydrogen-bond acceptors (Lipinski definition) is 8. The van der Waals surface area contributed by atoms with Gasteiger partial charge in [0.1, 0.15) is 53.9 Å². The summed E-state index contributed by atoms with van der Waals surface area (Å²) in [6.45, 7) is 17.1. The van der Waals surface area contributed by atoms with Crippen LogP contribution in [0.3, 0.4) is 0 Å². The summed E-state index contributed by atoms with van der Waals surface area (Å²) >= 11 is 0. The molecular weight excluding hydrogens is 1010 g/mol. The van der Waals surface area contributed by atoms with Crippen LogP contribution in [0.15, 0.2) is 110 Å². The Morgan fingerprint density at radius 1 is 0.696 bits per heavy atom. The van der Waals surface area contributed by atoms with E-state index in [4.69, 9.17) is 0 Å². The second-order valence-electron chi connectivity index (χ2n) is 22.5. The topological polar surface area (TPSA) is 195 Å². The first-order valence-corrected chi connectivity index (χ1v) is 27.2. The number of nitrogens with zero attached hydrogens (tertiary/aromatic N) is 5. The lowest BCUT2D eigenvalue weighted by Crippen LogP contribution is -2.61. The molecule has 4 heterocycles. The molecule has 7 atom stereocenters. The van der Waals surface area contributed by atoms with E-state index in [1.54, 1.807) is 24.3 Å². The number of fused-ring (bicyclic) bond motifs is 4. The van der Waals surface area contributed by atoms with Crippen LogP contribution in [0.5, 0.6) is 0 Å². The largest absolute Gasteiger partial charge is 0.343 e. The molecule has 7 rings (SSSR count). The van der Waals surface area contributed by atoms with Gasteiger partial charge in [0.15, 0.2) is 0 Å². The van der Waals surface area contributed by atoms with Crippen molar-refractivity contribution in [1.82, 2.24) is 45.5 Å². The Kier molecular flexibility index (Phi) is 18.9. The van der Waals surface area contributed by atoms with E-state index in [0.29, 0.717) is 28.5 Å². The molecule has 1 saturated heterocycles. The number of aromatic nitrogens is 2. The lowest BCUT2D eigenvalue weighted by Gasteiger charge is -2.38. The summed E-state index contributed by atoms with van der Waals surface area (Å²) in [6.07, 6.45) is 10.5. The number of nitrogens with one attached hydrogen (secondary N) is 4. The van der Waals surface area contributed by atoms with Gasteiger partial charge in [-0.15, -0.1) is 6.58 Å². The first-order valence-electron chi connectivity index (χ1n) is 27.2. The monoisotopic (exact) mass is 1080 g/mol. The first kappa shape index (κ1) is 58.9. The van der Waals surface area contributed by atoms with Crippen molar-refractivity contribution in [2.75, 3.05) is 20.6 Å². The summed E-state index contributed by atoms with van der Waals surface area (Å²) in [5.41, 5.74) is 1.73.